The molecule has 0 radical (unpaired) electrons. The second-order valence-electron chi connectivity index (χ2n) is 4.56. The third-order valence-electron chi connectivity index (χ3n) is 3.28. The quantitative estimate of drug-likeness (QED) is 0.818. The van der Waals surface area contributed by atoms with Crippen LogP contribution >= 0.6 is 0 Å². The van der Waals surface area contributed by atoms with Crippen LogP contribution in [0.5, 0.6) is 0 Å². The maximum Gasteiger partial charge on any atom is 0.373 e. The SMILES string of the molecule is COC(=O)c1ccc(C(C)NC2CCCC2)o1. The van der Waals surface area contributed by atoms with Gasteiger partial charge in [-0.3, -0.25) is 0 Å². The van der Waals surface area contributed by atoms with Crippen molar-refractivity contribution in [3.8, 4) is 0 Å². The molecular weight excluding hydrogens is 218 g/mol. The lowest BCUT2D eigenvalue weighted by Crippen LogP contribution is -2.28. The summed E-state index contributed by atoms with van der Waals surface area (Å²) >= 11 is 0. The standard InChI is InChI=1S/C13H19NO3/c1-9(14-10-5-3-4-6-10)11-7-8-12(17-11)13(15)16-2/h7-10,14H,3-6H2,1-2H3. The highest BCUT2D eigenvalue weighted by atomic mass is 16.5. The molecular formula is C13H19NO3. The van der Waals surface area contributed by atoms with E-state index in [0.717, 1.165) is 5.76 Å². The van der Waals surface area contributed by atoms with Gasteiger partial charge in [0.05, 0.1) is 13.2 Å². The van der Waals surface area contributed by atoms with Crippen molar-refractivity contribution in [1.82, 2.24) is 5.32 Å². The molecule has 1 saturated carbocycles. The zero-order valence-corrected chi connectivity index (χ0v) is 10.4. The van der Waals surface area contributed by atoms with Crippen LogP contribution in [-0.2, 0) is 4.74 Å². The fourth-order valence-electron chi connectivity index (χ4n) is 2.32. The molecule has 4 heteroatoms. The van der Waals surface area contributed by atoms with Gasteiger partial charge in [0.25, 0.3) is 0 Å². The van der Waals surface area contributed by atoms with Crippen LogP contribution < -0.4 is 5.32 Å². The van der Waals surface area contributed by atoms with Crippen LogP contribution in [0.2, 0.25) is 0 Å². The summed E-state index contributed by atoms with van der Waals surface area (Å²) < 4.78 is 10.1. The third-order valence-corrected chi connectivity index (χ3v) is 3.28. The van der Waals surface area contributed by atoms with Gasteiger partial charge in [-0.05, 0) is 31.9 Å². The molecule has 4 nitrogen and oxygen atoms in total. The second kappa shape index (κ2) is 5.36. The Labute approximate surface area is 101 Å². The highest BCUT2D eigenvalue weighted by Gasteiger charge is 2.20. The number of furan rings is 1. The van der Waals surface area contributed by atoms with E-state index in [2.05, 4.69) is 17.0 Å². The minimum Gasteiger partial charge on any atom is -0.463 e. The summed E-state index contributed by atoms with van der Waals surface area (Å²) in [4.78, 5) is 11.3. The Bertz CT molecular complexity index is 380. The minimum absolute atomic E-state index is 0.136. The Morgan fingerprint density at radius 1 is 1.47 bits per heavy atom. The fourth-order valence-corrected chi connectivity index (χ4v) is 2.32. The topological polar surface area (TPSA) is 51.5 Å². The van der Waals surface area contributed by atoms with Gasteiger partial charge in [-0.2, -0.15) is 0 Å². The molecule has 0 aromatic carbocycles. The molecule has 1 N–H and O–H groups in total. The summed E-state index contributed by atoms with van der Waals surface area (Å²) in [7, 11) is 1.35. The zero-order chi connectivity index (χ0) is 12.3. The van der Waals surface area contributed by atoms with Gasteiger partial charge in [0.1, 0.15) is 5.76 Å². The van der Waals surface area contributed by atoms with Crippen molar-refractivity contribution in [3.05, 3.63) is 23.7 Å². The molecule has 1 aliphatic rings. The Morgan fingerprint density at radius 3 is 2.82 bits per heavy atom. The monoisotopic (exact) mass is 237 g/mol. The van der Waals surface area contributed by atoms with Gasteiger partial charge < -0.3 is 14.5 Å². The summed E-state index contributed by atoms with van der Waals surface area (Å²) in [6.45, 7) is 2.05. The van der Waals surface area contributed by atoms with E-state index in [1.165, 1.54) is 32.8 Å². The smallest absolute Gasteiger partial charge is 0.373 e. The maximum absolute atomic E-state index is 11.3. The Morgan fingerprint density at radius 2 is 2.18 bits per heavy atom. The molecule has 1 aromatic heterocycles. The van der Waals surface area contributed by atoms with Crippen LogP contribution in [-0.4, -0.2) is 19.1 Å². The highest BCUT2D eigenvalue weighted by Crippen LogP contribution is 2.23. The Balaban J connectivity index is 1.96. The third kappa shape index (κ3) is 2.88. The number of nitrogens with one attached hydrogen (secondary N) is 1. The summed E-state index contributed by atoms with van der Waals surface area (Å²) in [5.41, 5.74) is 0. The number of carbonyl (C=O) groups is 1. The van der Waals surface area contributed by atoms with E-state index in [9.17, 15) is 4.79 Å². The van der Waals surface area contributed by atoms with E-state index in [1.54, 1.807) is 6.07 Å². The number of methoxy groups -OCH3 is 1. The molecule has 0 aliphatic heterocycles. The van der Waals surface area contributed by atoms with Crippen LogP contribution in [0.3, 0.4) is 0 Å². The highest BCUT2D eigenvalue weighted by molar-refractivity contribution is 5.86. The van der Waals surface area contributed by atoms with Gasteiger partial charge >= 0.3 is 5.97 Å². The van der Waals surface area contributed by atoms with Gasteiger partial charge in [0, 0.05) is 6.04 Å². The van der Waals surface area contributed by atoms with Crippen LogP contribution in [0.15, 0.2) is 16.5 Å². The number of ether oxygens (including phenoxy) is 1. The van der Waals surface area contributed by atoms with Crippen LogP contribution in [0.4, 0.5) is 0 Å². The van der Waals surface area contributed by atoms with Crippen molar-refractivity contribution in [2.45, 2.75) is 44.7 Å². The van der Waals surface area contributed by atoms with Crippen molar-refractivity contribution in [1.29, 1.82) is 0 Å². The van der Waals surface area contributed by atoms with Crippen LogP contribution in [0.25, 0.3) is 0 Å². The van der Waals surface area contributed by atoms with E-state index < -0.39 is 5.97 Å². The molecule has 0 amide bonds. The molecule has 1 heterocycles. The Hall–Kier alpha value is -1.29. The number of hydrogen-bond donors (Lipinski definition) is 1. The normalized spacial score (nSPS) is 18.2. The molecule has 1 unspecified atom stereocenters. The molecule has 1 atom stereocenters. The van der Waals surface area contributed by atoms with Crippen molar-refractivity contribution in [2.24, 2.45) is 0 Å². The van der Waals surface area contributed by atoms with E-state index in [4.69, 9.17) is 4.42 Å². The van der Waals surface area contributed by atoms with E-state index in [0.29, 0.717) is 6.04 Å². The van der Waals surface area contributed by atoms with Crippen molar-refractivity contribution in [2.75, 3.05) is 7.11 Å². The first-order chi connectivity index (χ1) is 8.20. The molecule has 1 aromatic rings. The minimum atomic E-state index is -0.427. The van der Waals surface area contributed by atoms with E-state index in [1.807, 2.05) is 6.07 Å². The van der Waals surface area contributed by atoms with Crippen LogP contribution in [0.1, 0.15) is 55.0 Å². The van der Waals surface area contributed by atoms with Gasteiger partial charge in [-0.15, -0.1) is 0 Å². The van der Waals surface area contributed by atoms with E-state index >= 15 is 0 Å². The largest absolute Gasteiger partial charge is 0.463 e. The van der Waals surface area contributed by atoms with Crippen molar-refractivity contribution >= 4 is 5.97 Å². The van der Waals surface area contributed by atoms with Gasteiger partial charge in [0.2, 0.25) is 5.76 Å². The molecule has 0 spiro atoms. The lowest BCUT2D eigenvalue weighted by atomic mass is 10.2. The van der Waals surface area contributed by atoms with Crippen LogP contribution in [0, 0.1) is 0 Å². The summed E-state index contributed by atoms with van der Waals surface area (Å²) in [6, 6.07) is 4.21. The summed E-state index contributed by atoms with van der Waals surface area (Å²) in [6.07, 6.45) is 5.07. The predicted molar refractivity (Wildman–Crippen MR) is 63.9 cm³/mol. The van der Waals surface area contributed by atoms with Crippen molar-refractivity contribution in [3.63, 3.8) is 0 Å². The molecule has 2 rings (SSSR count). The zero-order valence-electron chi connectivity index (χ0n) is 10.4. The summed E-state index contributed by atoms with van der Waals surface area (Å²) in [5.74, 6) is 0.629. The Kier molecular flexibility index (Phi) is 3.84. The van der Waals surface area contributed by atoms with Gasteiger partial charge in [-0.1, -0.05) is 12.8 Å². The number of hydrogen-bond acceptors (Lipinski definition) is 4. The lowest BCUT2D eigenvalue weighted by molar-refractivity contribution is 0.0562. The van der Waals surface area contributed by atoms with E-state index in [-0.39, 0.29) is 11.8 Å². The number of rotatable bonds is 4. The molecule has 1 fully saturated rings. The molecule has 0 saturated heterocycles. The van der Waals surface area contributed by atoms with Gasteiger partial charge in [0.15, 0.2) is 0 Å². The molecule has 94 valence electrons. The van der Waals surface area contributed by atoms with Crippen molar-refractivity contribution < 1.29 is 13.9 Å². The fraction of sp³-hybridized carbons (Fsp3) is 0.615. The average molecular weight is 237 g/mol. The molecule has 1 aliphatic carbocycles. The molecule has 17 heavy (non-hydrogen) atoms. The first kappa shape index (κ1) is 12.2. The maximum atomic E-state index is 11.3. The summed E-state index contributed by atoms with van der Waals surface area (Å²) in [5, 5.41) is 3.52. The number of carbonyl (C=O) groups excluding carboxylic acids is 1. The first-order valence-corrected chi connectivity index (χ1v) is 6.15. The van der Waals surface area contributed by atoms with Gasteiger partial charge in [-0.25, -0.2) is 4.79 Å². The molecule has 0 bridgehead atoms. The number of esters is 1. The lowest BCUT2D eigenvalue weighted by Gasteiger charge is -2.17. The average Bonchev–Trinajstić information content (AvgIpc) is 2.98. The predicted octanol–water partition coefficient (Wildman–Crippen LogP) is 2.66. The first-order valence-electron chi connectivity index (χ1n) is 6.15. The second-order valence-corrected chi connectivity index (χ2v) is 4.56.